The predicted octanol–water partition coefficient (Wildman–Crippen LogP) is 9.64. The third-order valence-corrected chi connectivity index (χ3v) is 13.0. The van der Waals surface area contributed by atoms with E-state index in [4.69, 9.17) is 28.9 Å². The van der Waals surface area contributed by atoms with E-state index in [1.165, 1.54) is 5.56 Å². The molecule has 4 aromatic rings. The Hall–Kier alpha value is -5.42. The molecule has 0 saturated heterocycles. The first-order valence-electron chi connectivity index (χ1n) is 22.1. The molecule has 6 unspecified atom stereocenters. The third-order valence-electron chi connectivity index (χ3n) is 13.0. The average Bonchev–Trinajstić information content (AvgIpc) is 3.28. The van der Waals surface area contributed by atoms with Crippen LogP contribution in [0.2, 0.25) is 0 Å². The lowest BCUT2D eigenvalue weighted by atomic mass is 9.55. The highest BCUT2D eigenvalue weighted by Gasteiger charge is 2.65. The van der Waals surface area contributed by atoms with E-state index in [9.17, 15) is 15.0 Å². The van der Waals surface area contributed by atoms with Gasteiger partial charge >= 0.3 is 0 Å². The molecule has 1 fully saturated rings. The van der Waals surface area contributed by atoms with Gasteiger partial charge in [0, 0.05) is 38.2 Å². The third kappa shape index (κ3) is 9.78. The van der Waals surface area contributed by atoms with Crippen molar-refractivity contribution in [1.29, 1.82) is 0 Å². The van der Waals surface area contributed by atoms with Gasteiger partial charge in [-0.2, -0.15) is 0 Å². The van der Waals surface area contributed by atoms with Gasteiger partial charge < -0.3 is 38.9 Å². The number of aliphatic hydroxyl groups is 2. The van der Waals surface area contributed by atoms with E-state index in [1.807, 2.05) is 79.8 Å². The Bertz CT molecular complexity index is 2220. The zero-order valence-electron chi connectivity index (χ0n) is 36.6. The van der Waals surface area contributed by atoms with E-state index in [0.717, 1.165) is 65.0 Å². The van der Waals surface area contributed by atoms with Crippen molar-refractivity contribution in [2.75, 3.05) is 34.0 Å². The van der Waals surface area contributed by atoms with Crippen molar-refractivity contribution < 1.29 is 38.8 Å². The van der Waals surface area contributed by atoms with Gasteiger partial charge in [0.05, 0.1) is 31.8 Å². The highest BCUT2D eigenvalue weighted by Crippen LogP contribution is 2.62. The highest BCUT2D eigenvalue weighted by molar-refractivity contribution is 6.03. The molecular formula is C52H62N2O8. The molecule has 1 aliphatic heterocycles. The highest BCUT2D eigenvalue weighted by atomic mass is 16.7. The first-order valence-corrected chi connectivity index (χ1v) is 22.1. The molecule has 10 nitrogen and oxygen atoms in total. The summed E-state index contributed by atoms with van der Waals surface area (Å²) in [6.45, 7) is 8.90. The van der Waals surface area contributed by atoms with E-state index in [2.05, 4.69) is 44.7 Å². The van der Waals surface area contributed by atoms with Crippen molar-refractivity contribution in [1.82, 2.24) is 4.90 Å². The molecule has 4 aromatic carbocycles. The van der Waals surface area contributed by atoms with Crippen LogP contribution in [0.4, 0.5) is 0 Å². The number of rotatable bonds is 20. The van der Waals surface area contributed by atoms with Crippen LogP contribution in [-0.2, 0) is 27.4 Å². The van der Waals surface area contributed by atoms with Crippen LogP contribution >= 0.6 is 0 Å². The van der Waals surface area contributed by atoms with Gasteiger partial charge in [-0.3, -0.25) is 4.79 Å². The summed E-state index contributed by atoms with van der Waals surface area (Å²) < 4.78 is 26.5. The summed E-state index contributed by atoms with van der Waals surface area (Å²) in [6.07, 6.45) is 9.26. The predicted molar refractivity (Wildman–Crippen MR) is 242 cm³/mol. The molecule has 0 aromatic heterocycles. The Morgan fingerprint density at radius 1 is 0.887 bits per heavy atom. The molecule has 328 valence electrons. The maximum atomic E-state index is 14.6. The Labute approximate surface area is 366 Å². The molecule has 0 spiro atoms. The molecule has 1 saturated carbocycles. The number of likely N-dealkylation sites (N-methyl/N-ethyl adjacent to an activating group) is 1. The van der Waals surface area contributed by atoms with Crippen molar-refractivity contribution in [3.8, 4) is 23.0 Å². The SMILES string of the molecule is C=CCOC12Oc3ccc(Oc4ccc(C)c(C)c4)cc3C3C(CCCCO)C(CCCCO)C=C(C(=NOCc4ccccc4)CC1N(C)C(=O)Cc1cccc(OC)c1)C32. The lowest BCUT2D eigenvalue weighted by molar-refractivity contribution is -0.255. The fourth-order valence-electron chi connectivity index (χ4n) is 9.72. The van der Waals surface area contributed by atoms with Crippen molar-refractivity contribution in [3.05, 3.63) is 143 Å². The topological polar surface area (TPSA) is 119 Å². The number of aryl methyl sites for hydroxylation is 2. The van der Waals surface area contributed by atoms with E-state index in [1.54, 1.807) is 18.1 Å². The minimum absolute atomic E-state index is 0.0863. The van der Waals surface area contributed by atoms with Crippen LogP contribution in [-0.4, -0.2) is 72.5 Å². The summed E-state index contributed by atoms with van der Waals surface area (Å²) in [7, 11) is 3.45. The fraction of sp³-hybridized carbons (Fsp3) is 0.423. The standard InChI is InChI=1S/C52H62N2O8/c1-6-27-59-52-48(54(4)49(57)30-38-17-14-19-40(29-38)58-5)33-46(53-60-34-37-15-8-7-9-16-37)44-31-39(18-10-12-25-55)43(20-11-13-26-56)50(51(44)52)45-32-42(23-24-47(45)62-52)61-41-22-21-35(2)36(3)28-41/h6-9,14-17,19,21-24,28-29,31-32,39,43,48,50-51,55-56H,1,10-13,18,20,25-27,30,33-34H2,2-5H3. The summed E-state index contributed by atoms with van der Waals surface area (Å²) in [5, 5.41) is 24.9. The number of fused-ring (bicyclic) bond motifs is 2. The number of unbranched alkanes of at least 4 members (excludes halogenated alkanes) is 2. The van der Waals surface area contributed by atoms with Gasteiger partial charge in [-0.25, -0.2) is 0 Å². The Morgan fingerprint density at radius 3 is 2.37 bits per heavy atom. The second-order valence-electron chi connectivity index (χ2n) is 16.9. The summed E-state index contributed by atoms with van der Waals surface area (Å²) in [6, 6.07) is 29.0. The molecule has 2 aliphatic carbocycles. The molecule has 0 bridgehead atoms. The molecule has 62 heavy (non-hydrogen) atoms. The van der Waals surface area contributed by atoms with Crippen molar-refractivity contribution in [2.24, 2.45) is 22.9 Å². The van der Waals surface area contributed by atoms with E-state index < -0.39 is 17.7 Å². The van der Waals surface area contributed by atoms with Crippen molar-refractivity contribution in [2.45, 2.75) is 89.6 Å². The molecule has 6 atom stereocenters. The monoisotopic (exact) mass is 842 g/mol. The Balaban J connectivity index is 1.40. The largest absolute Gasteiger partial charge is 0.497 e. The molecule has 3 aliphatic rings. The summed E-state index contributed by atoms with van der Waals surface area (Å²) in [5.41, 5.74) is 6.88. The van der Waals surface area contributed by atoms with Crippen LogP contribution in [0.1, 0.15) is 78.7 Å². The molecule has 2 N–H and O–H groups in total. The average molecular weight is 843 g/mol. The lowest BCUT2D eigenvalue weighted by Crippen LogP contribution is -2.69. The molecule has 10 heteroatoms. The molecular weight excluding hydrogens is 781 g/mol. The van der Waals surface area contributed by atoms with Crippen LogP contribution < -0.4 is 14.2 Å². The van der Waals surface area contributed by atoms with Gasteiger partial charge in [0.2, 0.25) is 11.7 Å². The van der Waals surface area contributed by atoms with Crippen LogP contribution in [0.5, 0.6) is 23.0 Å². The van der Waals surface area contributed by atoms with E-state index >= 15 is 0 Å². The second-order valence-corrected chi connectivity index (χ2v) is 16.9. The van der Waals surface area contributed by atoms with E-state index in [0.29, 0.717) is 36.5 Å². The maximum Gasteiger partial charge on any atom is 0.239 e. The summed E-state index contributed by atoms with van der Waals surface area (Å²) in [4.78, 5) is 22.6. The van der Waals surface area contributed by atoms with Crippen molar-refractivity contribution in [3.63, 3.8) is 0 Å². The first-order chi connectivity index (χ1) is 30.2. The molecule has 1 heterocycles. The van der Waals surface area contributed by atoms with Crippen LogP contribution in [0, 0.1) is 31.6 Å². The van der Waals surface area contributed by atoms with Gasteiger partial charge in [-0.05, 0) is 122 Å². The van der Waals surface area contributed by atoms with Crippen molar-refractivity contribution >= 4 is 11.6 Å². The van der Waals surface area contributed by atoms with Crippen LogP contribution in [0.25, 0.3) is 0 Å². The number of carbonyl (C=O) groups excluding carboxylic acids is 1. The number of allylic oxidation sites excluding steroid dienone is 1. The van der Waals surface area contributed by atoms with Gasteiger partial charge in [0.1, 0.15) is 35.6 Å². The minimum atomic E-state index is -1.35. The minimum Gasteiger partial charge on any atom is -0.497 e. The first kappa shape index (κ1) is 44.6. The number of ether oxygens (including phenoxy) is 4. The van der Waals surface area contributed by atoms with Gasteiger partial charge in [0.25, 0.3) is 0 Å². The van der Waals surface area contributed by atoms with Crippen LogP contribution in [0.15, 0.2) is 120 Å². The number of aliphatic hydroxyl groups excluding tert-OH is 2. The van der Waals surface area contributed by atoms with Gasteiger partial charge in [-0.1, -0.05) is 78.7 Å². The van der Waals surface area contributed by atoms with Gasteiger partial charge in [0.15, 0.2) is 0 Å². The normalized spacial score (nSPS) is 23.0. The number of carbonyl (C=O) groups is 1. The molecule has 1 amide bonds. The maximum absolute atomic E-state index is 14.6. The number of hydrogen-bond donors (Lipinski definition) is 2. The summed E-state index contributed by atoms with van der Waals surface area (Å²) in [5.74, 6) is 0.922. The van der Waals surface area contributed by atoms with Gasteiger partial charge in [-0.15, -0.1) is 6.58 Å². The number of hydrogen-bond acceptors (Lipinski definition) is 9. The smallest absolute Gasteiger partial charge is 0.239 e. The lowest BCUT2D eigenvalue weighted by Gasteiger charge is -2.59. The number of amides is 1. The fourth-order valence-corrected chi connectivity index (χ4v) is 9.72. The Kier molecular flexibility index (Phi) is 14.9. The number of benzene rings is 4. The molecule has 0 radical (unpaired) electrons. The number of oxime groups is 1. The summed E-state index contributed by atoms with van der Waals surface area (Å²) >= 11 is 0. The second kappa shape index (κ2) is 20.6. The van der Waals surface area contributed by atoms with E-state index in [-0.39, 0.29) is 56.5 Å². The number of methoxy groups -OCH3 is 1. The Morgan fingerprint density at radius 2 is 1.63 bits per heavy atom. The zero-order chi connectivity index (χ0) is 43.6. The zero-order valence-corrected chi connectivity index (χ0v) is 36.6. The van der Waals surface area contributed by atoms with Crippen LogP contribution in [0.3, 0.4) is 0 Å². The quantitative estimate of drug-likeness (QED) is 0.0513. The number of nitrogens with zero attached hydrogens (tertiary/aromatic N) is 2. The molecule has 7 rings (SSSR count).